The summed E-state index contributed by atoms with van der Waals surface area (Å²) in [6.45, 7) is 4.71. The molecule has 2 heteroatoms. The molecule has 2 fully saturated rings. The van der Waals surface area contributed by atoms with Gasteiger partial charge in [0.1, 0.15) is 0 Å². The molecule has 0 atom stereocenters. The third-order valence-corrected chi connectivity index (χ3v) is 4.90. The van der Waals surface area contributed by atoms with E-state index in [9.17, 15) is 0 Å². The Morgan fingerprint density at radius 1 is 0.950 bits per heavy atom. The summed E-state index contributed by atoms with van der Waals surface area (Å²) in [7, 11) is 0. The van der Waals surface area contributed by atoms with Crippen molar-refractivity contribution in [3.05, 3.63) is 23.8 Å². The molecule has 0 amide bonds. The molecule has 0 bridgehead atoms. The number of nitrogens with one attached hydrogen (secondary N) is 1. The summed E-state index contributed by atoms with van der Waals surface area (Å²) < 4.78 is 0. The molecule has 0 unspecified atom stereocenters. The van der Waals surface area contributed by atoms with Crippen LogP contribution in [0.4, 0.5) is 11.4 Å². The van der Waals surface area contributed by atoms with Crippen molar-refractivity contribution in [2.75, 3.05) is 23.3 Å². The largest absolute Gasteiger partial charge is 0.382 e. The molecule has 1 aliphatic heterocycles. The van der Waals surface area contributed by atoms with E-state index in [1.807, 2.05) is 0 Å². The first kappa shape index (κ1) is 13.8. The maximum Gasteiger partial charge on any atom is 0.0373 e. The summed E-state index contributed by atoms with van der Waals surface area (Å²) in [4.78, 5) is 2.52. The van der Waals surface area contributed by atoms with Gasteiger partial charge in [-0.2, -0.15) is 0 Å². The van der Waals surface area contributed by atoms with E-state index in [1.165, 1.54) is 81.4 Å². The van der Waals surface area contributed by atoms with Crippen LogP contribution in [0.25, 0.3) is 0 Å². The second kappa shape index (κ2) is 6.51. The second-order valence-corrected chi connectivity index (χ2v) is 6.53. The normalized spacial score (nSPS) is 20.9. The van der Waals surface area contributed by atoms with Crippen LogP contribution in [-0.2, 0) is 0 Å². The van der Waals surface area contributed by atoms with Crippen molar-refractivity contribution in [3.8, 4) is 0 Å². The molecule has 0 aromatic heterocycles. The van der Waals surface area contributed by atoms with Crippen molar-refractivity contribution in [3.63, 3.8) is 0 Å². The first-order chi connectivity index (χ1) is 9.83. The van der Waals surface area contributed by atoms with E-state index < -0.39 is 0 Å². The number of hydrogen-bond donors (Lipinski definition) is 1. The van der Waals surface area contributed by atoms with Crippen LogP contribution in [0.2, 0.25) is 0 Å². The first-order valence-corrected chi connectivity index (χ1v) is 8.45. The molecular weight excluding hydrogens is 244 g/mol. The number of nitrogens with zero attached hydrogens (tertiary/aromatic N) is 1. The van der Waals surface area contributed by atoms with Crippen LogP contribution < -0.4 is 10.2 Å². The van der Waals surface area contributed by atoms with Crippen molar-refractivity contribution in [2.24, 2.45) is 0 Å². The number of rotatable bonds is 3. The van der Waals surface area contributed by atoms with Crippen molar-refractivity contribution in [2.45, 2.75) is 64.3 Å². The lowest BCUT2D eigenvalue weighted by Gasteiger charge is -2.22. The maximum absolute atomic E-state index is 3.79. The third-order valence-electron chi connectivity index (χ3n) is 4.90. The zero-order chi connectivity index (χ0) is 13.8. The standard InChI is InChI=1S/C18H28N2/c1-15-14-17(20-12-6-7-13-20)10-11-18(15)19-16-8-4-2-3-5-9-16/h10-11,14,16,19H,2-9,12-13H2,1H3. The fourth-order valence-corrected chi connectivity index (χ4v) is 3.63. The highest BCUT2D eigenvalue weighted by molar-refractivity contribution is 5.60. The van der Waals surface area contributed by atoms with Gasteiger partial charge in [0.25, 0.3) is 0 Å². The Bertz CT molecular complexity index is 427. The number of aryl methyl sites for hydroxylation is 1. The van der Waals surface area contributed by atoms with Crippen LogP contribution in [0, 0.1) is 6.92 Å². The lowest BCUT2D eigenvalue weighted by atomic mass is 10.1. The van der Waals surface area contributed by atoms with Gasteiger partial charge in [-0.05, 0) is 56.4 Å². The Labute approximate surface area is 123 Å². The molecule has 1 saturated carbocycles. The molecule has 2 aliphatic rings. The summed E-state index contributed by atoms with van der Waals surface area (Å²) >= 11 is 0. The molecule has 1 saturated heterocycles. The van der Waals surface area contributed by atoms with Crippen LogP contribution in [0.15, 0.2) is 18.2 Å². The van der Waals surface area contributed by atoms with E-state index in [2.05, 4.69) is 35.3 Å². The van der Waals surface area contributed by atoms with Crippen molar-refractivity contribution in [1.82, 2.24) is 0 Å². The monoisotopic (exact) mass is 272 g/mol. The predicted octanol–water partition coefficient (Wildman–Crippen LogP) is 4.73. The molecule has 3 rings (SSSR count). The highest BCUT2D eigenvalue weighted by atomic mass is 15.1. The minimum Gasteiger partial charge on any atom is -0.382 e. The summed E-state index contributed by atoms with van der Waals surface area (Å²) in [5.41, 5.74) is 4.16. The van der Waals surface area contributed by atoms with Gasteiger partial charge in [-0.1, -0.05) is 25.7 Å². The zero-order valence-electron chi connectivity index (χ0n) is 12.8. The van der Waals surface area contributed by atoms with E-state index >= 15 is 0 Å². The fraction of sp³-hybridized carbons (Fsp3) is 0.667. The number of hydrogen-bond acceptors (Lipinski definition) is 2. The number of benzene rings is 1. The smallest absolute Gasteiger partial charge is 0.0373 e. The van der Waals surface area contributed by atoms with Gasteiger partial charge >= 0.3 is 0 Å². The highest BCUT2D eigenvalue weighted by Gasteiger charge is 2.15. The Kier molecular flexibility index (Phi) is 4.49. The molecule has 20 heavy (non-hydrogen) atoms. The van der Waals surface area contributed by atoms with Gasteiger partial charge in [0.2, 0.25) is 0 Å². The Morgan fingerprint density at radius 2 is 1.65 bits per heavy atom. The molecular formula is C18H28N2. The van der Waals surface area contributed by atoms with Gasteiger partial charge < -0.3 is 10.2 Å². The summed E-state index contributed by atoms with van der Waals surface area (Å²) in [6, 6.07) is 7.66. The van der Waals surface area contributed by atoms with Crippen molar-refractivity contribution >= 4 is 11.4 Å². The minimum absolute atomic E-state index is 0.689. The topological polar surface area (TPSA) is 15.3 Å². The average molecular weight is 272 g/mol. The molecule has 1 heterocycles. The van der Waals surface area contributed by atoms with E-state index in [-0.39, 0.29) is 0 Å². The van der Waals surface area contributed by atoms with Crippen LogP contribution >= 0.6 is 0 Å². The van der Waals surface area contributed by atoms with Crippen molar-refractivity contribution in [1.29, 1.82) is 0 Å². The molecule has 110 valence electrons. The van der Waals surface area contributed by atoms with Gasteiger partial charge in [-0.25, -0.2) is 0 Å². The SMILES string of the molecule is Cc1cc(N2CCCC2)ccc1NC1CCCCCC1. The van der Waals surface area contributed by atoms with E-state index in [0.717, 1.165) is 0 Å². The molecule has 0 spiro atoms. The molecule has 1 aliphatic carbocycles. The fourth-order valence-electron chi connectivity index (χ4n) is 3.63. The van der Waals surface area contributed by atoms with Crippen LogP contribution in [0.1, 0.15) is 56.9 Å². The van der Waals surface area contributed by atoms with Crippen molar-refractivity contribution < 1.29 is 0 Å². The minimum atomic E-state index is 0.689. The highest BCUT2D eigenvalue weighted by Crippen LogP contribution is 2.27. The lowest BCUT2D eigenvalue weighted by molar-refractivity contribution is 0.619. The number of anilines is 2. The first-order valence-electron chi connectivity index (χ1n) is 8.45. The van der Waals surface area contributed by atoms with Gasteiger partial charge in [0, 0.05) is 30.5 Å². The van der Waals surface area contributed by atoms with Gasteiger partial charge in [0.05, 0.1) is 0 Å². The Morgan fingerprint density at radius 3 is 2.30 bits per heavy atom. The van der Waals surface area contributed by atoms with Gasteiger partial charge in [0.15, 0.2) is 0 Å². The van der Waals surface area contributed by atoms with Crippen LogP contribution in [0.5, 0.6) is 0 Å². The average Bonchev–Trinajstić information content (AvgIpc) is 2.87. The molecule has 2 nitrogen and oxygen atoms in total. The third kappa shape index (κ3) is 3.28. The summed E-state index contributed by atoms with van der Waals surface area (Å²) in [5.74, 6) is 0. The van der Waals surface area contributed by atoms with Gasteiger partial charge in [-0.15, -0.1) is 0 Å². The van der Waals surface area contributed by atoms with E-state index in [4.69, 9.17) is 0 Å². The lowest BCUT2D eigenvalue weighted by Crippen LogP contribution is -2.20. The van der Waals surface area contributed by atoms with Gasteiger partial charge in [-0.3, -0.25) is 0 Å². The van der Waals surface area contributed by atoms with E-state index in [1.54, 1.807) is 0 Å². The Balaban J connectivity index is 1.67. The molecule has 1 N–H and O–H groups in total. The molecule has 0 radical (unpaired) electrons. The van der Waals surface area contributed by atoms with Crippen LogP contribution in [-0.4, -0.2) is 19.1 Å². The molecule has 1 aromatic carbocycles. The Hall–Kier alpha value is -1.18. The quantitative estimate of drug-likeness (QED) is 0.800. The predicted molar refractivity (Wildman–Crippen MR) is 87.7 cm³/mol. The van der Waals surface area contributed by atoms with Crippen LogP contribution in [0.3, 0.4) is 0 Å². The summed E-state index contributed by atoms with van der Waals surface area (Å²) in [6.07, 6.45) is 11.0. The maximum atomic E-state index is 3.79. The summed E-state index contributed by atoms with van der Waals surface area (Å²) in [5, 5.41) is 3.79. The van der Waals surface area contributed by atoms with E-state index in [0.29, 0.717) is 6.04 Å². The zero-order valence-corrected chi connectivity index (χ0v) is 12.8. The second-order valence-electron chi connectivity index (χ2n) is 6.53. The molecule has 1 aromatic rings.